The van der Waals surface area contributed by atoms with Crippen LogP contribution in [-0.4, -0.2) is 11.6 Å². The molecule has 96 valence electrons. The number of thiazole rings is 1. The fraction of sp³-hybridized carbons (Fsp3) is 0.250. The predicted molar refractivity (Wildman–Crippen MR) is 67.3 cm³/mol. The molecule has 0 aliphatic carbocycles. The molecule has 0 atom stereocenters. The molecule has 1 heterocycles. The number of rotatable bonds is 5. The normalized spacial score (nSPS) is 10.7. The molecule has 0 aliphatic rings. The number of anilines is 1. The van der Waals surface area contributed by atoms with E-state index in [1.807, 2.05) is 12.3 Å². The van der Waals surface area contributed by atoms with E-state index in [0.717, 1.165) is 16.4 Å². The zero-order chi connectivity index (χ0) is 13.0. The van der Waals surface area contributed by atoms with E-state index in [-0.39, 0.29) is 5.75 Å². The third kappa shape index (κ3) is 3.66. The molecule has 1 aromatic carbocycles. The van der Waals surface area contributed by atoms with Crippen molar-refractivity contribution in [3.8, 4) is 5.75 Å². The lowest BCUT2D eigenvalue weighted by molar-refractivity contribution is -0.0498. The smallest absolute Gasteiger partial charge is 0.387 e. The molecule has 0 amide bonds. The molecule has 0 saturated heterocycles. The Bertz CT molecular complexity index is 499. The number of benzene rings is 1. The zero-order valence-electron chi connectivity index (χ0n) is 9.69. The van der Waals surface area contributed by atoms with Crippen molar-refractivity contribution in [2.45, 2.75) is 20.1 Å². The van der Waals surface area contributed by atoms with Crippen molar-refractivity contribution in [3.05, 3.63) is 40.3 Å². The first-order valence-electron chi connectivity index (χ1n) is 5.33. The Hall–Kier alpha value is -1.69. The van der Waals surface area contributed by atoms with Crippen molar-refractivity contribution < 1.29 is 13.5 Å². The van der Waals surface area contributed by atoms with E-state index in [2.05, 4.69) is 15.0 Å². The number of aromatic nitrogens is 1. The number of nitrogens with one attached hydrogen (secondary N) is 1. The van der Waals surface area contributed by atoms with E-state index in [1.165, 1.54) is 12.1 Å². The van der Waals surface area contributed by atoms with Crippen LogP contribution in [0.1, 0.15) is 10.7 Å². The first kappa shape index (κ1) is 12.8. The number of ether oxygens (including phenoxy) is 1. The average molecular weight is 270 g/mol. The molecule has 0 saturated carbocycles. The minimum absolute atomic E-state index is 0.153. The molecule has 6 heteroatoms. The lowest BCUT2D eigenvalue weighted by Crippen LogP contribution is -2.02. The first-order chi connectivity index (χ1) is 8.63. The Morgan fingerprint density at radius 1 is 1.33 bits per heavy atom. The third-order valence-electron chi connectivity index (χ3n) is 2.22. The fourth-order valence-electron chi connectivity index (χ4n) is 1.44. The number of hydrogen-bond acceptors (Lipinski definition) is 4. The molecule has 0 unspecified atom stereocenters. The zero-order valence-corrected chi connectivity index (χ0v) is 10.5. The monoisotopic (exact) mass is 270 g/mol. The van der Waals surface area contributed by atoms with Crippen molar-refractivity contribution in [1.82, 2.24) is 4.98 Å². The number of aryl methyl sites for hydroxylation is 1. The lowest BCUT2D eigenvalue weighted by Gasteiger charge is -2.07. The summed E-state index contributed by atoms with van der Waals surface area (Å²) in [6.45, 7) is -0.230. The van der Waals surface area contributed by atoms with Gasteiger partial charge in [0.25, 0.3) is 0 Å². The van der Waals surface area contributed by atoms with Crippen LogP contribution in [0.5, 0.6) is 5.75 Å². The molecular weight excluding hydrogens is 258 g/mol. The number of hydrogen-bond donors (Lipinski definition) is 1. The van der Waals surface area contributed by atoms with Gasteiger partial charge < -0.3 is 10.1 Å². The Labute approximate surface area is 107 Å². The van der Waals surface area contributed by atoms with Gasteiger partial charge in [-0.3, -0.25) is 0 Å². The van der Waals surface area contributed by atoms with Gasteiger partial charge in [-0.25, -0.2) is 4.98 Å². The topological polar surface area (TPSA) is 34.2 Å². The maximum absolute atomic E-state index is 11.9. The Morgan fingerprint density at radius 2 is 2.06 bits per heavy atom. The van der Waals surface area contributed by atoms with Crippen LogP contribution in [0, 0.1) is 6.92 Å². The summed E-state index contributed by atoms with van der Waals surface area (Å²) in [7, 11) is 0. The van der Waals surface area contributed by atoms with Crippen molar-refractivity contribution in [2.75, 3.05) is 5.32 Å². The van der Waals surface area contributed by atoms with Gasteiger partial charge in [0.05, 0.1) is 17.2 Å². The van der Waals surface area contributed by atoms with Crippen LogP contribution in [0.4, 0.5) is 14.5 Å². The van der Waals surface area contributed by atoms with E-state index < -0.39 is 6.61 Å². The van der Waals surface area contributed by atoms with E-state index in [1.54, 1.807) is 23.5 Å². The molecule has 18 heavy (non-hydrogen) atoms. The summed E-state index contributed by atoms with van der Waals surface area (Å²) < 4.78 is 28.2. The second-order valence-corrected chi connectivity index (χ2v) is 4.68. The van der Waals surface area contributed by atoms with E-state index in [4.69, 9.17) is 0 Å². The molecule has 1 aromatic heterocycles. The fourth-order valence-corrected chi connectivity index (χ4v) is 2.05. The van der Waals surface area contributed by atoms with Crippen LogP contribution in [0.2, 0.25) is 0 Å². The largest absolute Gasteiger partial charge is 0.435 e. The molecular formula is C12H12F2N2OS. The van der Waals surface area contributed by atoms with Gasteiger partial charge >= 0.3 is 6.61 Å². The van der Waals surface area contributed by atoms with Gasteiger partial charge in [-0.2, -0.15) is 8.78 Å². The van der Waals surface area contributed by atoms with Crippen molar-refractivity contribution in [2.24, 2.45) is 0 Å². The van der Waals surface area contributed by atoms with Crippen LogP contribution < -0.4 is 10.1 Å². The molecule has 0 fully saturated rings. The second-order valence-electron chi connectivity index (χ2n) is 3.61. The molecule has 1 N–H and O–H groups in total. The summed E-state index contributed by atoms with van der Waals surface area (Å²) in [5.74, 6) is 0.153. The SMILES string of the molecule is Cc1nc(CNc2ccc(OC(F)F)cc2)cs1. The van der Waals surface area contributed by atoms with Crippen molar-refractivity contribution in [1.29, 1.82) is 0 Å². The quantitative estimate of drug-likeness (QED) is 0.900. The molecule has 0 aliphatic heterocycles. The Kier molecular flexibility index (Phi) is 4.09. The minimum Gasteiger partial charge on any atom is -0.435 e. The standard InChI is InChI=1S/C12H12F2N2OS/c1-8-16-10(7-18-8)6-15-9-2-4-11(5-3-9)17-12(13)14/h2-5,7,12,15H,6H2,1H3. The maximum atomic E-state index is 11.9. The summed E-state index contributed by atoms with van der Waals surface area (Å²) >= 11 is 1.59. The highest BCUT2D eigenvalue weighted by molar-refractivity contribution is 7.09. The van der Waals surface area contributed by atoms with Crippen LogP contribution in [0.3, 0.4) is 0 Å². The average Bonchev–Trinajstić information content (AvgIpc) is 2.74. The number of nitrogens with zero attached hydrogens (tertiary/aromatic N) is 1. The van der Waals surface area contributed by atoms with E-state index >= 15 is 0 Å². The van der Waals surface area contributed by atoms with E-state index in [9.17, 15) is 8.78 Å². The Balaban J connectivity index is 1.90. The number of halogens is 2. The van der Waals surface area contributed by atoms with Gasteiger partial charge in [0.1, 0.15) is 5.75 Å². The summed E-state index contributed by atoms with van der Waals surface area (Å²) in [6.07, 6.45) is 0. The summed E-state index contributed by atoms with van der Waals surface area (Å²) in [4.78, 5) is 4.31. The van der Waals surface area contributed by atoms with Crippen LogP contribution >= 0.6 is 11.3 Å². The van der Waals surface area contributed by atoms with Gasteiger partial charge in [-0.05, 0) is 31.2 Å². The summed E-state index contributed by atoms with van der Waals surface area (Å²) in [6, 6.07) is 6.38. The molecule has 0 bridgehead atoms. The summed E-state index contributed by atoms with van der Waals surface area (Å²) in [5.41, 5.74) is 1.80. The van der Waals surface area contributed by atoms with Gasteiger partial charge in [0.2, 0.25) is 0 Å². The first-order valence-corrected chi connectivity index (χ1v) is 6.21. The second kappa shape index (κ2) is 5.77. The lowest BCUT2D eigenvalue weighted by atomic mass is 10.3. The molecule has 0 radical (unpaired) electrons. The summed E-state index contributed by atoms with van der Waals surface area (Å²) in [5, 5.41) is 6.16. The van der Waals surface area contributed by atoms with Crippen LogP contribution in [0.15, 0.2) is 29.6 Å². The van der Waals surface area contributed by atoms with Crippen molar-refractivity contribution in [3.63, 3.8) is 0 Å². The van der Waals surface area contributed by atoms with Gasteiger partial charge in [-0.1, -0.05) is 0 Å². The maximum Gasteiger partial charge on any atom is 0.387 e. The number of alkyl halides is 2. The van der Waals surface area contributed by atoms with E-state index in [0.29, 0.717) is 6.54 Å². The highest BCUT2D eigenvalue weighted by Gasteiger charge is 2.03. The van der Waals surface area contributed by atoms with Crippen LogP contribution in [-0.2, 0) is 6.54 Å². The predicted octanol–water partition coefficient (Wildman–Crippen LogP) is 3.67. The molecule has 2 rings (SSSR count). The third-order valence-corrected chi connectivity index (χ3v) is 3.04. The van der Waals surface area contributed by atoms with Crippen LogP contribution in [0.25, 0.3) is 0 Å². The molecule has 2 aromatic rings. The minimum atomic E-state index is -2.79. The van der Waals surface area contributed by atoms with Gasteiger partial charge in [0.15, 0.2) is 0 Å². The van der Waals surface area contributed by atoms with Gasteiger partial charge in [0, 0.05) is 11.1 Å². The Morgan fingerprint density at radius 3 is 2.61 bits per heavy atom. The highest BCUT2D eigenvalue weighted by Crippen LogP contribution is 2.18. The molecule has 3 nitrogen and oxygen atoms in total. The highest BCUT2D eigenvalue weighted by atomic mass is 32.1. The van der Waals surface area contributed by atoms with Gasteiger partial charge in [-0.15, -0.1) is 11.3 Å². The molecule has 0 spiro atoms. The van der Waals surface area contributed by atoms with Crippen molar-refractivity contribution >= 4 is 17.0 Å².